The minimum Gasteiger partial charge on any atom is -0.379 e. The Labute approximate surface area is 221 Å². The first-order valence-corrected chi connectivity index (χ1v) is 14.5. The molecular weight excluding hydrogens is 540 g/mol. The molecule has 1 aromatic heterocycles. The maximum Gasteiger partial charge on any atom is 0.243 e. The molecule has 0 saturated carbocycles. The van der Waals surface area contributed by atoms with E-state index in [-0.39, 0.29) is 0 Å². The number of morpholine rings is 1. The molecule has 0 aliphatic carbocycles. The highest BCUT2D eigenvalue weighted by Crippen LogP contribution is 2.34. The fraction of sp³-hybridized carbons (Fsp3) is 0.370. The van der Waals surface area contributed by atoms with Gasteiger partial charge in [-0.1, -0.05) is 22.0 Å². The molecule has 0 atom stereocenters. The Morgan fingerprint density at radius 3 is 2.42 bits per heavy atom. The lowest BCUT2D eigenvalue weighted by molar-refractivity contribution is 0.0730. The minimum atomic E-state index is -3.61. The smallest absolute Gasteiger partial charge is 0.243 e. The van der Waals surface area contributed by atoms with Crippen LogP contribution in [0.2, 0.25) is 0 Å². The van der Waals surface area contributed by atoms with E-state index in [0.717, 1.165) is 64.4 Å². The molecule has 2 aliphatic heterocycles. The number of sulfonamides is 1. The molecule has 3 heterocycles. The fourth-order valence-electron chi connectivity index (χ4n) is 4.99. The van der Waals surface area contributed by atoms with Crippen LogP contribution in [-0.2, 0) is 14.8 Å². The normalized spacial score (nSPS) is 17.4. The van der Waals surface area contributed by atoms with Crippen LogP contribution in [0.4, 0.5) is 11.4 Å². The van der Waals surface area contributed by atoms with Crippen LogP contribution in [0.3, 0.4) is 0 Å². The molecule has 2 aromatic carbocycles. The van der Waals surface area contributed by atoms with Crippen LogP contribution in [0.1, 0.15) is 29.8 Å². The van der Waals surface area contributed by atoms with Gasteiger partial charge in [-0.15, -0.1) is 0 Å². The lowest BCUT2D eigenvalue weighted by Gasteiger charge is -2.28. The number of hydrogen-bond acceptors (Lipinski definition) is 5. The molecule has 9 heteroatoms. The van der Waals surface area contributed by atoms with Crippen LogP contribution in [0.15, 0.2) is 62.9 Å². The van der Waals surface area contributed by atoms with Gasteiger partial charge in [-0.2, -0.15) is 4.31 Å². The summed E-state index contributed by atoms with van der Waals surface area (Å²) in [6, 6.07) is 15.5. The first-order valence-electron chi connectivity index (χ1n) is 12.3. The molecule has 7 nitrogen and oxygen atoms in total. The summed E-state index contributed by atoms with van der Waals surface area (Å²) in [5.41, 5.74) is 5.87. The Bertz CT molecular complexity index is 1390. The van der Waals surface area contributed by atoms with E-state index in [9.17, 15) is 8.42 Å². The Hall–Kier alpha value is -2.46. The quantitative estimate of drug-likeness (QED) is 0.381. The average molecular weight is 572 g/mol. The molecular formula is C27H31BrN4O3S. The van der Waals surface area contributed by atoms with Crippen LogP contribution >= 0.6 is 15.9 Å². The van der Waals surface area contributed by atoms with E-state index in [1.54, 1.807) is 6.07 Å². The van der Waals surface area contributed by atoms with Crippen molar-refractivity contribution < 1.29 is 13.2 Å². The van der Waals surface area contributed by atoms with Crippen LogP contribution < -0.4 is 4.90 Å². The summed E-state index contributed by atoms with van der Waals surface area (Å²) < 4.78 is 37.0. The first-order chi connectivity index (χ1) is 17.3. The zero-order valence-electron chi connectivity index (χ0n) is 20.7. The van der Waals surface area contributed by atoms with E-state index in [2.05, 4.69) is 50.3 Å². The summed E-state index contributed by atoms with van der Waals surface area (Å²) in [4.78, 5) is 7.35. The molecule has 5 rings (SSSR count). The van der Waals surface area contributed by atoms with E-state index >= 15 is 0 Å². The number of aryl methyl sites for hydroxylation is 1. The molecule has 0 bridgehead atoms. The number of ether oxygens (including phenoxy) is 1. The number of anilines is 1. The van der Waals surface area contributed by atoms with Crippen LogP contribution in [-0.4, -0.2) is 62.9 Å². The summed E-state index contributed by atoms with van der Waals surface area (Å²) in [7, 11) is -3.61. The van der Waals surface area contributed by atoms with E-state index in [4.69, 9.17) is 4.74 Å². The third kappa shape index (κ3) is 5.02. The molecule has 36 heavy (non-hydrogen) atoms. The summed E-state index contributed by atoms with van der Waals surface area (Å²) in [6.45, 7) is 7.67. The second-order valence-electron chi connectivity index (χ2n) is 9.26. The van der Waals surface area contributed by atoms with Gasteiger partial charge in [0.1, 0.15) is 0 Å². The summed E-state index contributed by atoms with van der Waals surface area (Å²) in [5.74, 6) is 0. The van der Waals surface area contributed by atoms with Gasteiger partial charge in [0.25, 0.3) is 0 Å². The Kier molecular flexibility index (Phi) is 7.35. The van der Waals surface area contributed by atoms with Gasteiger partial charge in [0.15, 0.2) is 0 Å². The van der Waals surface area contributed by atoms with E-state index in [0.29, 0.717) is 31.2 Å². The number of benzene rings is 2. The van der Waals surface area contributed by atoms with E-state index in [1.807, 2.05) is 42.6 Å². The summed E-state index contributed by atoms with van der Waals surface area (Å²) >= 11 is 3.50. The monoisotopic (exact) mass is 570 g/mol. The van der Waals surface area contributed by atoms with Gasteiger partial charge in [-0.05, 0) is 69.2 Å². The molecule has 0 amide bonds. The second-order valence-corrected chi connectivity index (χ2v) is 12.1. The predicted octanol–water partition coefficient (Wildman–Crippen LogP) is 5.23. The fourth-order valence-corrected chi connectivity index (χ4v) is 6.81. The molecule has 2 aliphatic rings. The van der Waals surface area contributed by atoms with Crippen molar-refractivity contribution >= 4 is 43.5 Å². The molecule has 2 saturated heterocycles. The molecule has 0 unspecified atom stereocenters. The highest BCUT2D eigenvalue weighted by Gasteiger charge is 2.28. The molecule has 2 fully saturated rings. The van der Waals surface area contributed by atoms with Crippen molar-refractivity contribution in [1.82, 2.24) is 8.87 Å². The van der Waals surface area contributed by atoms with Crippen molar-refractivity contribution in [3.63, 3.8) is 0 Å². The van der Waals surface area contributed by atoms with Crippen LogP contribution in [0.5, 0.6) is 0 Å². The Balaban J connectivity index is 1.58. The van der Waals surface area contributed by atoms with Crippen molar-refractivity contribution in [3.8, 4) is 5.69 Å². The van der Waals surface area contributed by atoms with Crippen molar-refractivity contribution in [2.24, 2.45) is 4.99 Å². The third-order valence-electron chi connectivity index (χ3n) is 6.87. The van der Waals surface area contributed by atoms with Gasteiger partial charge < -0.3 is 14.2 Å². The van der Waals surface area contributed by atoms with Crippen molar-refractivity contribution in [1.29, 1.82) is 0 Å². The standard InChI is InChI=1S/C27H31BrN4O3S/c1-20-16-22(19-29-24-7-5-6-23(28)17-24)21(2)32(20)27-18-25(8-9-26(27)30-10-3-4-11-30)36(33,34)31-12-14-35-15-13-31/h5-9,16-19H,3-4,10-15H2,1-2H3. The maximum absolute atomic E-state index is 13.5. The molecule has 0 radical (unpaired) electrons. The Morgan fingerprint density at radius 2 is 1.69 bits per heavy atom. The SMILES string of the molecule is Cc1cc(C=Nc2cccc(Br)c2)c(C)n1-c1cc(S(=O)(=O)N2CCOCC2)ccc1N1CCCC1. The van der Waals surface area contributed by atoms with Gasteiger partial charge >= 0.3 is 0 Å². The predicted molar refractivity (Wildman–Crippen MR) is 148 cm³/mol. The van der Waals surface area contributed by atoms with Gasteiger partial charge in [-0.25, -0.2) is 8.42 Å². The molecule has 190 valence electrons. The lowest BCUT2D eigenvalue weighted by atomic mass is 10.2. The largest absolute Gasteiger partial charge is 0.379 e. The molecule has 0 N–H and O–H groups in total. The van der Waals surface area contributed by atoms with E-state index in [1.165, 1.54) is 4.31 Å². The molecule has 0 spiro atoms. The number of nitrogens with zero attached hydrogens (tertiary/aromatic N) is 4. The van der Waals surface area contributed by atoms with Crippen molar-refractivity contribution in [2.45, 2.75) is 31.6 Å². The third-order valence-corrected chi connectivity index (χ3v) is 9.26. The van der Waals surface area contributed by atoms with Crippen LogP contribution in [0.25, 0.3) is 5.69 Å². The van der Waals surface area contributed by atoms with Gasteiger partial charge in [0.05, 0.1) is 35.2 Å². The van der Waals surface area contributed by atoms with E-state index < -0.39 is 10.0 Å². The highest BCUT2D eigenvalue weighted by molar-refractivity contribution is 9.10. The second kappa shape index (κ2) is 10.5. The van der Waals surface area contributed by atoms with Gasteiger partial charge in [-0.3, -0.25) is 4.99 Å². The Morgan fingerprint density at radius 1 is 0.944 bits per heavy atom. The maximum atomic E-state index is 13.5. The summed E-state index contributed by atoms with van der Waals surface area (Å²) in [6.07, 6.45) is 4.16. The topological polar surface area (TPSA) is 67.1 Å². The van der Waals surface area contributed by atoms with Crippen molar-refractivity contribution in [3.05, 3.63) is 70.0 Å². The van der Waals surface area contributed by atoms with Gasteiger partial charge in [0, 0.05) is 53.8 Å². The minimum absolute atomic E-state index is 0.319. The van der Waals surface area contributed by atoms with Gasteiger partial charge in [0.2, 0.25) is 10.0 Å². The lowest BCUT2D eigenvalue weighted by Crippen LogP contribution is -2.40. The zero-order valence-corrected chi connectivity index (χ0v) is 23.1. The highest BCUT2D eigenvalue weighted by atomic mass is 79.9. The average Bonchev–Trinajstić information content (AvgIpc) is 3.51. The number of rotatable bonds is 6. The summed E-state index contributed by atoms with van der Waals surface area (Å²) in [5, 5.41) is 0. The number of hydrogen-bond donors (Lipinski definition) is 0. The number of aromatic nitrogens is 1. The number of aliphatic imine (C=N–C) groups is 1. The first kappa shape index (κ1) is 25.2. The molecule has 3 aromatic rings. The van der Waals surface area contributed by atoms with Crippen molar-refractivity contribution in [2.75, 3.05) is 44.3 Å². The number of halogens is 1. The van der Waals surface area contributed by atoms with Crippen LogP contribution in [0, 0.1) is 13.8 Å². The zero-order chi connectivity index (χ0) is 25.3.